The van der Waals surface area contributed by atoms with Crippen LogP contribution in [0.15, 0.2) is 0 Å². The van der Waals surface area contributed by atoms with Gasteiger partial charge in [0.25, 0.3) is 0 Å². The summed E-state index contributed by atoms with van der Waals surface area (Å²) in [7, 11) is 0. The molecule has 4 nitrogen and oxygen atoms in total. The number of carbonyl (C=O) groups excluding carboxylic acids is 1. The van der Waals surface area contributed by atoms with Crippen molar-refractivity contribution in [3.63, 3.8) is 0 Å². The zero-order valence-corrected chi connectivity index (χ0v) is 10.9. The Morgan fingerprint density at radius 1 is 1.31 bits per heavy atom. The predicted molar refractivity (Wildman–Crippen MR) is 62.3 cm³/mol. The van der Waals surface area contributed by atoms with Crippen LogP contribution in [-0.4, -0.2) is 48.3 Å². The SMILES string of the molecule is CC1CN(CC(=O)OC(C)(C)C)CC(C)O1. The summed E-state index contributed by atoms with van der Waals surface area (Å²) in [5.41, 5.74) is -0.402. The van der Waals surface area contributed by atoms with Gasteiger partial charge in [0, 0.05) is 13.1 Å². The van der Waals surface area contributed by atoms with E-state index in [2.05, 4.69) is 4.90 Å². The Bertz CT molecular complexity index is 237. The summed E-state index contributed by atoms with van der Waals surface area (Å²) in [6, 6.07) is 0. The number of ether oxygens (including phenoxy) is 2. The van der Waals surface area contributed by atoms with Gasteiger partial charge in [0.1, 0.15) is 5.60 Å². The molecule has 1 aliphatic rings. The van der Waals surface area contributed by atoms with Crippen molar-refractivity contribution in [1.82, 2.24) is 4.90 Å². The Kier molecular flexibility index (Phi) is 4.33. The maximum atomic E-state index is 11.6. The van der Waals surface area contributed by atoms with Crippen LogP contribution in [0.25, 0.3) is 0 Å². The lowest BCUT2D eigenvalue weighted by Crippen LogP contribution is -2.48. The zero-order chi connectivity index (χ0) is 12.3. The summed E-state index contributed by atoms with van der Waals surface area (Å²) in [6.07, 6.45) is 0.373. The smallest absolute Gasteiger partial charge is 0.320 e. The van der Waals surface area contributed by atoms with Gasteiger partial charge in [-0.2, -0.15) is 0 Å². The summed E-state index contributed by atoms with van der Waals surface area (Å²) >= 11 is 0. The molecule has 0 amide bonds. The maximum Gasteiger partial charge on any atom is 0.320 e. The molecule has 2 atom stereocenters. The van der Waals surface area contributed by atoms with E-state index < -0.39 is 5.60 Å². The third-order valence-electron chi connectivity index (χ3n) is 2.27. The highest BCUT2D eigenvalue weighted by Gasteiger charge is 2.25. The minimum absolute atomic E-state index is 0.159. The van der Waals surface area contributed by atoms with Gasteiger partial charge in [-0.15, -0.1) is 0 Å². The summed E-state index contributed by atoms with van der Waals surface area (Å²) in [4.78, 5) is 13.7. The molecule has 0 saturated carbocycles. The molecule has 0 spiro atoms. The van der Waals surface area contributed by atoms with Gasteiger partial charge in [-0.05, 0) is 34.6 Å². The normalized spacial score (nSPS) is 27.8. The highest BCUT2D eigenvalue weighted by Crippen LogP contribution is 2.12. The first kappa shape index (κ1) is 13.5. The molecule has 16 heavy (non-hydrogen) atoms. The summed E-state index contributed by atoms with van der Waals surface area (Å²) < 4.78 is 10.9. The van der Waals surface area contributed by atoms with Crippen LogP contribution in [0.5, 0.6) is 0 Å². The highest BCUT2D eigenvalue weighted by atomic mass is 16.6. The van der Waals surface area contributed by atoms with Crippen LogP contribution in [0.2, 0.25) is 0 Å². The molecule has 0 aromatic rings. The van der Waals surface area contributed by atoms with Crippen molar-refractivity contribution in [2.45, 2.75) is 52.4 Å². The van der Waals surface area contributed by atoms with E-state index in [0.717, 1.165) is 13.1 Å². The van der Waals surface area contributed by atoms with Gasteiger partial charge in [-0.3, -0.25) is 9.69 Å². The first-order valence-electron chi connectivity index (χ1n) is 5.86. The molecular weight excluding hydrogens is 206 g/mol. The van der Waals surface area contributed by atoms with Crippen LogP contribution < -0.4 is 0 Å². The fourth-order valence-electron chi connectivity index (χ4n) is 1.97. The molecular formula is C12H23NO3. The molecule has 1 heterocycles. The van der Waals surface area contributed by atoms with E-state index in [1.54, 1.807) is 0 Å². The van der Waals surface area contributed by atoms with Gasteiger partial charge in [-0.1, -0.05) is 0 Å². The Balaban J connectivity index is 2.39. The molecule has 1 fully saturated rings. The Morgan fingerprint density at radius 3 is 2.25 bits per heavy atom. The van der Waals surface area contributed by atoms with Gasteiger partial charge in [0.05, 0.1) is 18.8 Å². The number of hydrogen-bond donors (Lipinski definition) is 0. The van der Waals surface area contributed by atoms with Crippen molar-refractivity contribution >= 4 is 5.97 Å². The van der Waals surface area contributed by atoms with Gasteiger partial charge < -0.3 is 9.47 Å². The molecule has 0 aromatic heterocycles. The minimum Gasteiger partial charge on any atom is -0.459 e. The molecule has 4 heteroatoms. The molecule has 0 aromatic carbocycles. The average molecular weight is 229 g/mol. The Hall–Kier alpha value is -0.610. The van der Waals surface area contributed by atoms with Crippen LogP contribution in [0, 0.1) is 0 Å². The van der Waals surface area contributed by atoms with E-state index in [4.69, 9.17) is 9.47 Å². The molecule has 0 aliphatic carbocycles. The fraction of sp³-hybridized carbons (Fsp3) is 0.917. The predicted octanol–water partition coefficient (Wildman–Crippen LogP) is 1.44. The quantitative estimate of drug-likeness (QED) is 0.672. The van der Waals surface area contributed by atoms with Crippen LogP contribution in [0.4, 0.5) is 0 Å². The summed E-state index contributed by atoms with van der Waals surface area (Å²) in [6.45, 7) is 11.7. The van der Waals surface area contributed by atoms with E-state index in [1.807, 2.05) is 34.6 Å². The van der Waals surface area contributed by atoms with E-state index in [1.165, 1.54) is 0 Å². The maximum absolute atomic E-state index is 11.6. The van der Waals surface area contributed by atoms with Crippen LogP contribution in [0.3, 0.4) is 0 Å². The molecule has 94 valence electrons. The second-order valence-corrected chi connectivity index (χ2v) is 5.54. The summed E-state index contributed by atoms with van der Waals surface area (Å²) in [5.74, 6) is -0.159. The van der Waals surface area contributed by atoms with Crippen molar-refractivity contribution in [1.29, 1.82) is 0 Å². The van der Waals surface area contributed by atoms with Crippen molar-refractivity contribution in [3.8, 4) is 0 Å². The lowest BCUT2D eigenvalue weighted by atomic mass is 10.2. The van der Waals surface area contributed by atoms with E-state index in [9.17, 15) is 4.79 Å². The van der Waals surface area contributed by atoms with Crippen molar-refractivity contribution in [3.05, 3.63) is 0 Å². The summed E-state index contributed by atoms with van der Waals surface area (Å²) in [5, 5.41) is 0. The number of nitrogens with zero attached hydrogens (tertiary/aromatic N) is 1. The van der Waals surface area contributed by atoms with Gasteiger partial charge >= 0.3 is 5.97 Å². The number of hydrogen-bond acceptors (Lipinski definition) is 4. The average Bonchev–Trinajstić information content (AvgIpc) is 1.96. The number of esters is 1. The largest absolute Gasteiger partial charge is 0.459 e. The standard InChI is InChI=1S/C12H23NO3/c1-9-6-13(7-10(2)15-9)8-11(14)16-12(3,4)5/h9-10H,6-8H2,1-5H3. The van der Waals surface area contributed by atoms with Crippen LogP contribution in [0.1, 0.15) is 34.6 Å². The van der Waals surface area contributed by atoms with E-state index >= 15 is 0 Å². The first-order chi connectivity index (χ1) is 7.26. The Morgan fingerprint density at radius 2 is 1.81 bits per heavy atom. The number of rotatable bonds is 2. The fourth-order valence-corrected chi connectivity index (χ4v) is 1.97. The van der Waals surface area contributed by atoms with Gasteiger partial charge in [0.2, 0.25) is 0 Å². The monoisotopic (exact) mass is 229 g/mol. The van der Waals surface area contributed by atoms with Crippen LogP contribution in [-0.2, 0) is 14.3 Å². The Labute approximate surface area is 97.9 Å². The van der Waals surface area contributed by atoms with Crippen LogP contribution >= 0.6 is 0 Å². The lowest BCUT2D eigenvalue weighted by Gasteiger charge is -2.35. The van der Waals surface area contributed by atoms with Crippen molar-refractivity contribution in [2.75, 3.05) is 19.6 Å². The molecule has 0 bridgehead atoms. The number of carbonyl (C=O) groups is 1. The van der Waals surface area contributed by atoms with E-state index in [0.29, 0.717) is 6.54 Å². The van der Waals surface area contributed by atoms with Gasteiger partial charge in [0.15, 0.2) is 0 Å². The third-order valence-corrected chi connectivity index (χ3v) is 2.27. The molecule has 2 unspecified atom stereocenters. The second-order valence-electron chi connectivity index (χ2n) is 5.54. The second kappa shape index (κ2) is 5.15. The zero-order valence-electron chi connectivity index (χ0n) is 10.9. The minimum atomic E-state index is -0.402. The molecule has 0 N–H and O–H groups in total. The molecule has 1 aliphatic heterocycles. The third kappa shape index (κ3) is 4.94. The van der Waals surface area contributed by atoms with Gasteiger partial charge in [-0.25, -0.2) is 0 Å². The molecule has 1 saturated heterocycles. The van der Waals surface area contributed by atoms with Crippen molar-refractivity contribution in [2.24, 2.45) is 0 Å². The molecule has 1 rings (SSSR count). The molecule has 0 radical (unpaired) electrons. The number of morpholine rings is 1. The highest BCUT2D eigenvalue weighted by molar-refractivity contribution is 5.72. The lowest BCUT2D eigenvalue weighted by molar-refractivity contribution is -0.158. The first-order valence-corrected chi connectivity index (χ1v) is 5.86. The van der Waals surface area contributed by atoms with Crippen molar-refractivity contribution < 1.29 is 14.3 Å². The topological polar surface area (TPSA) is 38.8 Å². The van der Waals surface area contributed by atoms with E-state index in [-0.39, 0.29) is 18.2 Å².